The maximum atomic E-state index is 12.9. The second-order valence-electron chi connectivity index (χ2n) is 4.14. The number of carbonyl (C=O) groups excluding carboxylic acids is 1. The Hall–Kier alpha value is -2.34. The van der Waals surface area contributed by atoms with Crippen LogP contribution in [0.1, 0.15) is 22.0 Å². The molecule has 0 saturated carbocycles. The molecular formula is C14H12F2N2O2. The van der Waals surface area contributed by atoms with Crippen LogP contribution in [0.5, 0.6) is 0 Å². The van der Waals surface area contributed by atoms with E-state index in [0.717, 1.165) is 6.07 Å². The zero-order valence-corrected chi connectivity index (χ0v) is 10.4. The molecule has 0 bridgehead atoms. The number of aliphatic hydroxyl groups is 1. The van der Waals surface area contributed by atoms with E-state index in [1.807, 2.05) is 0 Å². The standard InChI is InChI=1S/C14H12F2N2O2/c15-11-3-1-9(2-4-11)12(19)8-18-14(20)10-5-6-17-13(16)7-10/h1-7,12,19H,8H2,(H,18,20). The molecule has 0 aliphatic carbocycles. The molecule has 1 amide bonds. The lowest BCUT2D eigenvalue weighted by Gasteiger charge is -2.12. The molecule has 0 aliphatic rings. The van der Waals surface area contributed by atoms with Gasteiger partial charge in [0.05, 0.1) is 6.10 Å². The number of nitrogens with one attached hydrogen (secondary N) is 1. The molecule has 1 aromatic heterocycles. The predicted molar refractivity (Wildman–Crippen MR) is 67.9 cm³/mol. The molecule has 0 aliphatic heterocycles. The fourth-order valence-electron chi connectivity index (χ4n) is 1.64. The number of pyridine rings is 1. The van der Waals surface area contributed by atoms with Crippen LogP contribution >= 0.6 is 0 Å². The average molecular weight is 278 g/mol. The molecule has 1 aromatic carbocycles. The summed E-state index contributed by atoms with van der Waals surface area (Å²) in [7, 11) is 0. The van der Waals surface area contributed by atoms with E-state index in [9.17, 15) is 18.7 Å². The number of hydrogen-bond donors (Lipinski definition) is 2. The summed E-state index contributed by atoms with van der Waals surface area (Å²) in [6.45, 7) is -0.0611. The maximum absolute atomic E-state index is 12.9. The van der Waals surface area contributed by atoms with Crippen LogP contribution < -0.4 is 5.32 Å². The summed E-state index contributed by atoms with van der Waals surface area (Å²) >= 11 is 0. The lowest BCUT2D eigenvalue weighted by atomic mass is 10.1. The Kier molecular flexibility index (Phi) is 4.37. The van der Waals surface area contributed by atoms with E-state index in [2.05, 4.69) is 10.3 Å². The number of aliphatic hydroxyl groups excluding tert-OH is 1. The molecule has 6 heteroatoms. The van der Waals surface area contributed by atoms with Gasteiger partial charge < -0.3 is 10.4 Å². The van der Waals surface area contributed by atoms with Gasteiger partial charge in [0.25, 0.3) is 5.91 Å². The zero-order valence-electron chi connectivity index (χ0n) is 10.4. The van der Waals surface area contributed by atoms with Crippen molar-refractivity contribution in [3.8, 4) is 0 Å². The van der Waals surface area contributed by atoms with Gasteiger partial charge in [-0.1, -0.05) is 12.1 Å². The second kappa shape index (κ2) is 6.21. The SMILES string of the molecule is O=C(NCC(O)c1ccc(F)cc1)c1ccnc(F)c1. The van der Waals surface area contributed by atoms with Crippen LogP contribution in [0.3, 0.4) is 0 Å². The van der Waals surface area contributed by atoms with Crippen molar-refractivity contribution in [2.75, 3.05) is 6.54 Å². The quantitative estimate of drug-likeness (QED) is 0.839. The summed E-state index contributed by atoms with van der Waals surface area (Å²) < 4.78 is 25.6. The molecule has 1 atom stereocenters. The fourth-order valence-corrected chi connectivity index (χ4v) is 1.64. The zero-order chi connectivity index (χ0) is 14.5. The number of hydrogen-bond acceptors (Lipinski definition) is 3. The summed E-state index contributed by atoms with van der Waals surface area (Å²) in [5, 5.41) is 12.3. The van der Waals surface area contributed by atoms with Crippen molar-refractivity contribution in [3.63, 3.8) is 0 Å². The Morgan fingerprint density at radius 2 is 1.95 bits per heavy atom. The van der Waals surface area contributed by atoms with E-state index in [1.54, 1.807) is 0 Å². The van der Waals surface area contributed by atoms with Crippen molar-refractivity contribution in [1.82, 2.24) is 10.3 Å². The predicted octanol–water partition coefficient (Wildman–Crippen LogP) is 1.82. The van der Waals surface area contributed by atoms with E-state index in [1.165, 1.54) is 36.5 Å². The second-order valence-corrected chi connectivity index (χ2v) is 4.14. The fraction of sp³-hybridized carbons (Fsp3) is 0.143. The number of amides is 1. The van der Waals surface area contributed by atoms with Crippen molar-refractivity contribution in [2.45, 2.75) is 6.10 Å². The Morgan fingerprint density at radius 1 is 1.25 bits per heavy atom. The van der Waals surface area contributed by atoms with Gasteiger partial charge in [-0.05, 0) is 23.8 Å². The van der Waals surface area contributed by atoms with Gasteiger partial charge in [0.2, 0.25) is 5.95 Å². The lowest BCUT2D eigenvalue weighted by Crippen LogP contribution is -2.28. The third-order valence-corrected chi connectivity index (χ3v) is 2.70. The van der Waals surface area contributed by atoms with Gasteiger partial charge in [0, 0.05) is 24.4 Å². The van der Waals surface area contributed by atoms with Crippen molar-refractivity contribution < 1.29 is 18.7 Å². The van der Waals surface area contributed by atoms with Crippen molar-refractivity contribution in [2.24, 2.45) is 0 Å². The topological polar surface area (TPSA) is 62.2 Å². The van der Waals surface area contributed by atoms with Gasteiger partial charge in [-0.3, -0.25) is 4.79 Å². The maximum Gasteiger partial charge on any atom is 0.251 e. The van der Waals surface area contributed by atoms with E-state index in [0.29, 0.717) is 5.56 Å². The molecular weight excluding hydrogens is 266 g/mol. The highest BCUT2D eigenvalue weighted by Gasteiger charge is 2.11. The van der Waals surface area contributed by atoms with Gasteiger partial charge >= 0.3 is 0 Å². The summed E-state index contributed by atoms with van der Waals surface area (Å²) in [6, 6.07) is 7.66. The van der Waals surface area contributed by atoms with Crippen LogP contribution in [-0.2, 0) is 0 Å². The minimum absolute atomic E-state index is 0.0611. The highest BCUT2D eigenvalue weighted by Crippen LogP contribution is 2.12. The highest BCUT2D eigenvalue weighted by atomic mass is 19.1. The first-order valence-corrected chi connectivity index (χ1v) is 5.89. The number of rotatable bonds is 4. The first kappa shape index (κ1) is 14.1. The first-order valence-electron chi connectivity index (χ1n) is 5.89. The van der Waals surface area contributed by atoms with Crippen LogP contribution in [0.4, 0.5) is 8.78 Å². The molecule has 0 radical (unpaired) electrons. The van der Waals surface area contributed by atoms with Crippen molar-refractivity contribution in [3.05, 3.63) is 65.5 Å². The Bertz CT molecular complexity index is 602. The number of halogens is 2. The van der Waals surface area contributed by atoms with Crippen molar-refractivity contribution in [1.29, 1.82) is 0 Å². The van der Waals surface area contributed by atoms with Gasteiger partial charge in [0.1, 0.15) is 5.82 Å². The molecule has 20 heavy (non-hydrogen) atoms. The third-order valence-electron chi connectivity index (χ3n) is 2.70. The van der Waals surface area contributed by atoms with E-state index in [4.69, 9.17) is 0 Å². The molecule has 2 rings (SSSR count). The minimum Gasteiger partial charge on any atom is -0.387 e. The number of benzene rings is 1. The normalized spacial score (nSPS) is 11.9. The molecule has 4 nitrogen and oxygen atoms in total. The molecule has 104 valence electrons. The molecule has 2 aromatic rings. The molecule has 1 unspecified atom stereocenters. The van der Waals surface area contributed by atoms with Crippen molar-refractivity contribution >= 4 is 5.91 Å². The van der Waals surface area contributed by atoms with E-state index < -0.39 is 23.8 Å². The average Bonchev–Trinajstić information content (AvgIpc) is 2.45. The van der Waals surface area contributed by atoms with Crippen LogP contribution in [0.2, 0.25) is 0 Å². The van der Waals surface area contributed by atoms with Gasteiger partial charge in [-0.15, -0.1) is 0 Å². The Morgan fingerprint density at radius 3 is 2.60 bits per heavy atom. The summed E-state index contributed by atoms with van der Waals surface area (Å²) in [6.07, 6.45) is 0.215. The smallest absolute Gasteiger partial charge is 0.251 e. The molecule has 0 fully saturated rings. The van der Waals surface area contributed by atoms with E-state index >= 15 is 0 Å². The number of aromatic nitrogens is 1. The van der Waals surface area contributed by atoms with Gasteiger partial charge in [0.15, 0.2) is 0 Å². The summed E-state index contributed by atoms with van der Waals surface area (Å²) in [4.78, 5) is 15.1. The van der Waals surface area contributed by atoms with Gasteiger partial charge in [-0.2, -0.15) is 4.39 Å². The molecule has 0 spiro atoms. The first-order chi connectivity index (χ1) is 9.56. The van der Waals surface area contributed by atoms with Gasteiger partial charge in [-0.25, -0.2) is 9.37 Å². The Balaban J connectivity index is 1.94. The summed E-state index contributed by atoms with van der Waals surface area (Å²) in [5.74, 6) is -1.68. The lowest BCUT2D eigenvalue weighted by molar-refractivity contribution is 0.0915. The largest absolute Gasteiger partial charge is 0.387 e. The monoisotopic (exact) mass is 278 g/mol. The summed E-state index contributed by atoms with van der Waals surface area (Å²) in [5.41, 5.74) is 0.594. The third kappa shape index (κ3) is 3.58. The molecule has 0 saturated heterocycles. The highest BCUT2D eigenvalue weighted by molar-refractivity contribution is 5.94. The number of nitrogens with zero attached hydrogens (tertiary/aromatic N) is 1. The molecule has 2 N–H and O–H groups in total. The van der Waals surface area contributed by atoms with Crippen LogP contribution in [-0.4, -0.2) is 22.5 Å². The van der Waals surface area contributed by atoms with Crippen LogP contribution in [0.25, 0.3) is 0 Å². The number of carbonyl (C=O) groups is 1. The Labute approximate surface area is 114 Å². The van der Waals surface area contributed by atoms with E-state index in [-0.39, 0.29) is 12.1 Å². The van der Waals surface area contributed by atoms with Crippen LogP contribution in [0.15, 0.2) is 42.6 Å². The molecule has 1 heterocycles. The minimum atomic E-state index is -0.966. The van der Waals surface area contributed by atoms with Crippen LogP contribution in [0, 0.1) is 11.8 Å².